The van der Waals surface area contributed by atoms with E-state index in [1.165, 1.54) is 5.69 Å². The predicted molar refractivity (Wildman–Crippen MR) is 83.8 cm³/mol. The van der Waals surface area contributed by atoms with Crippen LogP contribution >= 0.6 is 0 Å². The number of rotatable bonds is 3. The average molecular weight is 278 g/mol. The summed E-state index contributed by atoms with van der Waals surface area (Å²) in [7, 11) is 2.02. The number of aromatic nitrogens is 2. The van der Waals surface area contributed by atoms with Crippen LogP contribution in [0.15, 0.2) is 12.3 Å². The molecule has 1 aliphatic rings. The van der Waals surface area contributed by atoms with Crippen LogP contribution < -0.4 is 5.32 Å². The van der Waals surface area contributed by atoms with Crippen LogP contribution in [0.25, 0.3) is 0 Å². The molecule has 0 bridgehead atoms. The van der Waals surface area contributed by atoms with E-state index in [9.17, 15) is 0 Å². The van der Waals surface area contributed by atoms with E-state index in [-0.39, 0.29) is 5.54 Å². The number of hydrogen-bond donors (Lipinski definition) is 1. The lowest BCUT2D eigenvalue weighted by molar-refractivity contribution is 0.0366. The van der Waals surface area contributed by atoms with Gasteiger partial charge in [0.1, 0.15) is 0 Å². The van der Waals surface area contributed by atoms with Crippen LogP contribution in [0.1, 0.15) is 40.3 Å². The Labute approximate surface area is 123 Å². The van der Waals surface area contributed by atoms with Crippen molar-refractivity contribution in [3.8, 4) is 0 Å². The number of hydrogen-bond acceptors (Lipinski definition) is 3. The number of piperazine rings is 1. The molecule has 114 valence electrons. The number of nitrogens with zero attached hydrogens (tertiary/aromatic N) is 3. The van der Waals surface area contributed by atoms with Crippen molar-refractivity contribution in [1.29, 1.82) is 0 Å². The summed E-state index contributed by atoms with van der Waals surface area (Å²) in [4.78, 5) is 2.63. The largest absolute Gasteiger partial charge is 0.310 e. The molecule has 1 unspecified atom stereocenters. The van der Waals surface area contributed by atoms with Gasteiger partial charge in [-0.3, -0.25) is 9.58 Å². The van der Waals surface area contributed by atoms with E-state index in [2.05, 4.69) is 56.0 Å². The van der Waals surface area contributed by atoms with Crippen LogP contribution in [0.2, 0.25) is 0 Å². The number of aryl methyl sites for hydroxylation is 1. The molecule has 1 aliphatic heterocycles. The molecule has 1 N–H and O–H groups in total. The first kappa shape index (κ1) is 15.5. The molecule has 2 heterocycles. The van der Waals surface area contributed by atoms with Crippen molar-refractivity contribution in [3.05, 3.63) is 18.0 Å². The van der Waals surface area contributed by atoms with Crippen molar-refractivity contribution >= 4 is 0 Å². The summed E-state index contributed by atoms with van der Waals surface area (Å²) in [5.41, 5.74) is 1.84. The van der Waals surface area contributed by atoms with Crippen molar-refractivity contribution in [3.63, 3.8) is 0 Å². The molecule has 1 atom stereocenters. The van der Waals surface area contributed by atoms with Crippen molar-refractivity contribution in [2.75, 3.05) is 19.6 Å². The first-order chi connectivity index (χ1) is 9.20. The van der Waals surface area contributed by atoms with Crippen LogP contribution in [-0.4, -0.2) is 45.9 Å². The van der Waals surface area contributed by atoms with Crippen molar-refractivity contribution in [2.24, 2.45) is 12.5 Å². The summed E-state index contributed by atoms with van der Waals surface area (Å²) >= 11 is 0. The molecule has 4 heteroatoms. The molecule has 1 aromatic rings. The van der Waals surface area contributed by atoms with Crippen molar-refractivity contribution < 1.29 is 0 Å². The van der Waals surface area contributed by atoms with Crippen LogP contribution in [0, 0.1) is 5.41 Å². The van der Waals surface area contributed by atoms with Gasteiger partial charge >= 0.3 is 0 Å². The lowest BCUT2D eigenvalue weighted by atomic mass is 9.83. The smallest absolute Gasteiger partial charge is 0.0492 e. The van der Waals surface area contributed by atoms with Gasteiger partial charge < -0.3 is 5.32 Å². The summed E-state index contributed by atoms with van der Waals surface area (Å²) in [6.07, 6.45) is 2.95. The highest BCUT2D eigenvalue weighted by Crippen LogP contribution is 2.27. The summed E-state index contributed by atoms with van der Waals surface area (Å²) in [5.74, 6) is 0. The highest BCUT2D eigenvalue weighted by atomic mass is 15.3. The van der Waals surface area contributed by atoms with Gasteiger partial charge in [0, 0.05) is 56.6 Å². The highest BCUT2D eigenvalue weighted by Gasteiger charge is 2.37. The zero-order chi connectivity index (χ0) is 15.0. The zero-order valence-electron chi connectivity index (χ0n) is 13.9. The molecule has 1 fully saturated rings. The van der Waals surface area contributed by atoms with Crippen molar-refractivity contribution in [1.82, 2.24) is 20.0 Å². The summed E-state index contributed by atoms with van der Waals surface area (Å²) in [6.45, 7) is 14.9. The maximum Gasteiger partial charge on any atom is 0.0492 e. The Morgan fingerprint density at radius 2 is 2.10 bits per heavy atom. The van der Waals surface area contributed by atoms with E-state index in [0.29, 0.717) is 11.5 Å². The fourth-order valence-electron chi connectivity index (χ4n) is 2.89. The Bertz CT molecular complexity index is 442. The molecule has 0 amide bonds. The minimum Gasteiger partial charge on any atom is -0.310 e. The fourth-order valence-corrected chi connectivity index (χ4v) is 2.89. The molecule has 0 spiro atoms. The second-order valence-electron chi connectivity index (χ2n) is 7.75. The van der Waals surface area contributed by atoms with Crippen LogP contribution in [0.4, 0.5) is 0 Å². The van der Waals surface area contributed by atoms with Crippen molar-refractivity contribution in [2.45, 2.75) is 52.6 Å². The van der Waals surface area contributed by atoms with E-state index in [4.69, 9.17) is 0 Å². The molecule has 0 saturated carbocycles. The van der Waals surface area contributed by atoms with Crippen LogP contribution in [0.5, 0.6) is 0 Å². The van der Waals surface area contributed by atoms with Gasteiger partial charge in [0.2, 0.25) is 0 Å². The molecule has 4 nitrogen and oxygen atoms in total. The quantitative estimate of drug-likeness (QED) is 0.919. The van der Waals surface area contributed by atoms with E-state index in [0.717, 1.165) is 26.1 Å². The Kier molecular flexibility index (Phi) is 4.26. The molecule has 0 aliphatic carbocycles. The first-order valence-corrected chi connectivity index (χ1v) is 7.65. The maximum absolute atomic E-state index is 4.26. The predicted octanol–water partition coefficient (Wildman–Crippen LogP) is 2.06. The summed E-state index contributed by atoms with van der Waals surface area (Å²) in [6, 6.07) is 2.68. The second-order valence-corrected chi connectivity index (χ2v) is 7.75. The molecule has 1 saturated heterocycles. The van der Waals surface area contributed by atoms with Gasteiger partial charge in [-0.05, 0) is 25.3 Å². The lowest BCUT2D eigenvalue weighted by Crippen LogP contribution is -2.65. The Morgan fingerprint density at radius 3 is 2.65 bits per heavy atom. The SMILES string of the molecule is Cn1nccc1CCN1CC(C(C)(C)C)NCC1(C)C. The third-order valence-electron chi connectivity index (χ3n) is 4.65. The van der Waals surface area contributed by atoms with Gasteiger partial charge in [0.15, 0.2) is 0 Å². The van der Waals surface area contributed by atoms with E-state index < -0.39 is 0 Å². The fraction of sp³-hybridized carbons (Fsp3) is 0.812. The van der Waals surface area contributed by atoms with Gasteiger partial charge in [-0.15, -0.1) is 0 Å². The summed E-state index contributed by atoms with van der Waals surface area (Å²) < 4.78 is 1.98. The molecule has 0 radical (unpaired) electrons. The minimum absolute atomic E-state index is 0.223. The van der Waals surface area contributed by atoms with Gasteiger partial charge in [-0.25, -0.2) is 0 Å². The Hall–Kier alpha value is -0.870. The zero-order valence-corrected chi connectivity index (χ0v) is 13.9. The van der Waals surface area contributed by atoms with E-state index in [1.54, 1.807) is 0 Å². The Morgan fingerprint density at radius 1 is 1.40 bits per heavy atom. The molecule has 2 rings (SSSR count). The normalized spacial score (nSPS) is 24.0. The number of nitrogens with one attached hydrogen (secondary N) is 1. The third-order valence-corrected chi connectivity index (χ3v) is 4.65. The standard InChI is InChI=1S/C16H30N4/c1-15(2,3)14-11-20(16(4,5)12-17-14)10-8-13-7-9-18-19(13)6/h7,9,14,17H,8,10-12H2,1-6H3. The second kappa shape index (κ2) is 5.49. The minimum atomic E-state index is 0.223. The van der Waals surface area contributed by atoms with Gasteiger partial charge in [-0.1, -0.05) is 20.8 Å². The average Bonchev–Trinajstić information content (AvgIpc) is 2.71. The molecular weight excluding hydrogens is 248 g/mol. The maximum atomic E-state index is 4.26. The molecular formula is C16H30N4. The lowest BCUT2D eigenvalue weighted by Gasteiger charge is -2.49. The van der Waals surface area contributed by atoms with Crippen LogP contribution in [0.3, 0.4) is 0 Å². The van der Waals surface area contributed by atoms with Gasteiger partial charge in [-0.2, -0.15) is 5.10 Å². The molecule has 0 aromatic carbocycles. The third kappa shape index (κ3) is 3.41. The Balaban J connectivity index is 2.01. The topological polar surface area (TPSA) is 33.1 Å². The van der Waals surface area contributed by atoms with E-state index in [1.807, 2.05) is 17.9 Å². The molecule has 1 aromatic heterocycles. The van der Waals surface area contributed by atoms with Gasteiger partial charge in [0.05, 0.1) is 0 Å². The van der Waals surface area contributed by atoms with Crippen LogP contribution in [-0.2, 0) is 13.5 Å². The van der Waals surface area contributed by atoms with E-state index >= 15 is 0 Å². The monoisotopic (exact) mass is 278 g/mol. The first-order valence-electron chi connectivity index (χ1n) is 7.65. The summed E-state index contributed by atoms with van der Waals surface area (Å²) in [5, 5.41) is 7.98. The van der Waals surface area contributed by atoms with Gasteiger partial charge in [0.25, 0.3) is 0 Å². The molecule has 20 heavy (non-hydrogen) atoms. The highest BCUT2D eigenvalue weighted by molar-refractivity contribution is 5.03.